The molecule has 1 heterocycles. The lowest BCUT2D eigenvalue weighted by Gasteiger charge is -2.30. The molecule has 4 nitrogen and oxygen atoms in total. The van der Waals surface area contributed by atoms with Crippen LogP contribution in [0.2, 0.25) is 0 Å². The molecule has 0 spiro atoms. The fourth-order valence-electron chi connectivity index (χ4n) is 1.89. The summed E-state index contributed by atoms with van der Waals surface area (Å²) < 4.78 is 5.58. The number of nitrogens with one attached hydrogen (secondary N) is 1. The van der Waals surface area contributed by atoms with Gasteiger partial charge < -0.3 is 15.0 Å². The van der Waals surface area contributed by atoms with Crippen LogP contribution in [0.3, 0.4) is 0 Å². The minimum atomic E-state index is -0.0394. The van der Waals surface area contributed by atoms with Crippen LogP contribution in [0.5, 0.6) is 0 Å². The zero-order valence-corrected chi connectivity index (χ0v) is 12.1. The van der Waals surface area contributed by atoms with Gasteiger partial charge in [0.25, 0.3) is 5.91 Å². The monoisotopic (exact) mass is 264 g/mol. The van der Waals surface area contributed by atoms with Crippen molar-refractivity contribution >= 4 is 5.91 Å². The van der Waals surface area contributed by atoms with Gasteiger partial charge in [-0.15, -0.1) is 0 Å². The summed E-state index contributed by atoms with van der Waals surface area (Å²) >= 11 is 0. The van der Waals surface area contributed by atoms with Crippen molar-refractivity contribution in [2.75, 3.05) is 33.3 Å². The minimum absolute atomic E-state index is 0.0394. The maximum atomic E-state index is 11.8. The molecule has 1 amide bonds. The highest BCUT2D eigenvalue weighted by molar-refractivity contribution is 5.94. The summed E-state index contributed by atoms with van der Waals surface area (Å²) in [4.78, 5) is 14.0. The van der Waals surface area contributed by atoms with Crippen molar-refractivity contribution in [3.8, 4) is 0 Å². The topological polar surface area (TPSA) is 41.6 Å². The first-order chi connectivity index (χ1) is 9.25. The summed E-state index contributed by atoms with van der Waals surface area (Å²) in [6.45, 7) is 7.14. The highest BCUT2D eigenvalue weighted by atomic mass is 16.5. The van der Waals surface area contributed by atoms with Crippen molar-refractivity contribution in [1.82, 2.24) is 10.2 Å². The van der Waals surface area contributed by atoms with E-state index in [4.69, 9.17) is 4.74 Å². The number of benzene rings is 1. The van der Waals surface area contributed by atoms with Crippen LogP contribution in [0.1, 0.15) is 24.2 Å². The molecule has 1 N–H and O–H groups in total. The number of nitrogens with zero attached hydrogens (tertiary/aromatic N) is 1. The van der Waals surface area contributed by atoms with E-state index in [9.17, 15) is 4.79 Å². The van der Waals surface area contributed by atoms with Crippen LogP contribution in [-0.4, -0.2) is 50.2 Å². The van der Waals surface area contributed by atoms with Gasteiger partial charge in [-0.1, -0.05) is 32.0 Å². The molecule has 1 aliphatic rings. The molecule has 0 bridgehead atoms. The van der Waals surface area contributed by atoms with E-state index in [0.717, 1.165) is 19.7 Å². The number of amides is 1. The van der Waals surface area contributed by atoms with Crippen molar-refractivity contribution in [2.24, 2.45) is 0 Å². The molecular formula is C15H24N2O2. The van der Waals surface area contributed by atoms with E-state index in [0.29, 0.717) is 12.1 Å². The van der Waals surface area contributed by atoms with E-state index in [1.807, 2.05) is 44.2 Å². The van der Waals surface area contributed by atoms with E-state index in [-0.39, 0.29) is 12.0 Å². The average Bonchev–Trinajstić information content (AvgIpc) is 2.48. The Morgan fingerprint density at radius 1 is 1.37 bits per heavy atom. The highest BCUT2D eigenvalue weighted by Crippen LogP contribution is 2.03. The van der Waals surface area contributed by atoms with Crippen LogP contribution >= 0.6 is 0 Å². The third-order valence-corrected chi connectivity index (χ3v) is 2.87. The van der Waals surface area contributed by atoms with Crippen molar-refractivity contribution < 1.29 is 9.53 Å². The van der Waals surface area contributed by atoms with Crippen LogP contribution in [0.15, 0.2) is 30.3 Å². The van der Waals surface area contributed by atoms with Gasteiger partial charge in [-0.3, -0.25) is 4.79 Å². The number of carbonyl (C=O) groups excluding carboxylic acids is 1. The van der Waals surface area contributed by atoms with Gasteiger partial charge in [-0.2, -0.15) is 0 Å². The molecule has 1 aromatic carbocycles. The van der Waals surface area contributed by atoms with Gasteiger partial charge in [0.15, 0.2) is 0 Å². The maximum Gasteiger partial charge on any atom is 0.251 e. The first kappa shape index (κ1) is 15.7. The zero-order chi connectivity index (χ0) is 14.1. The third-order valence-electron chi connectivity index (χ3n) is 2.87. The zero-order valence-electron chi connectivity index (χ0n) is 12.1. The average molecular weight is 264 g/mol. The standard InChI is InChI=1S/C13H18N2O2.C2H6/c1-15-7-8-17-12(10-15)9-14-13(16)11-5-3-2-4-6-11;1-2/h2-6,12H,7-10H2,1H3,(H,14,16);1-2H3. The smallest absolute Gasteiger partial charge is 0.251 e. The van der Waals surface area contributed by atoms with E-state index >= 15 is 0 Å². The Morgan fingerprint density at radius 3 is 2.68 bits per heavy atom. The van der Waals surface area contributed by atoms with Gasteiger partial charge in [0, 0.05) is 25.2 Å². The Kier molecular flexibility index (Phi) is 7.15. The van der Waals surface area contributed by atoms with Crippen LogP contribution < -0.4 is 5.32 Å². The van der Waals surface area contributed by atoms with Crippen molar-refractivity contribution in [3.05, 3.63) is 35.9 Å². The molecule has 1 saturated heterocycles. The predicted molar refractivity (Wildman–Crippen MR) is 77.4 cm³/mol. The Labute approximate surface area is 115 Å². The number of likely N-dealkylation sites (N-methyl/N-ethyl adjacent to an activating group) is 1. The molecule has 0 saturated carbocycles. The Balaban J connectivity index is 0.000000861. The normalized spacial score (nSPS) is 19.2. The number of hydrogen-bond donors (Lipinski definition) is 1. The summed E-state index contributed by atoms with van der Waals surface area (Å²) in [5.41, 5.74) is 0.691. The SMILES string of the molecule is CC.CN1CCOC(CNC(=O)c2ccccc2)C1. The summed E-state index contributed by atoms with van der Waals surface area (Å²) in [7, 11) is 2.06. The molecule has 1 unspecified atom stereocenters. The van der Waals surface area contributed by atoms with Gasteiger partial charge in [0.1, 0.15) is 0 Å². The number of morpholine rings is 1. The lowest BCUT2D eigenvalue weighted by molar-refractivity contribution is -0.0175. The summed E-state index contributed by atoms with van der Waals surface area (Å²) in [5.74, 6) is -0.0394. The molecule has 106 valence electrons. The molecule has 0 aromatic heterocycles. The minimum Gasteiger partial charge on any atom is -0.374 e. The summed E-state index contributed by atoms with van der Waals surface area (Å²) in [5, 5.41) is 2.90. The summed E-state index contributed by atoms with van der Waals surface area (Å²) in [6, 6.07) is 9.24. The molecule has 1 aliphatic heterocycles. The van der Waals surface area contributed by atoms with E-state index in [1.54, 1.807) is 0 Å². The van der Waals surface area contributed by atoms with Crippen LogP contribution in [0.25, 0.3) is 0 Å². The van der Waals surface area contributed by atoms with Gasteiger partial charge in [-0.05, 0) is 19.2 Å². The molecule has 19 heavy (non-hydrogen) atoms. The second-order valence-electron chi connectivity index (χ2n) is 4.33. The molecule has 2 rings (SSSR count). The fraction of sp³-hybridized carbons (Fsp3) is 0.533. The molecule has 1 fully saturated rings. The molecule has 4 heteroatoms. The predicted octanol–water partition coefficient (Wildman–Crippen LogP) is 1.77. The van der Waals surface area contributed by atoms with Crippen LogP contribution in [0, 0.1) is 0 Å². The number of rotatable bonds is 3. The Morgan fingerprint density at radius 2 is 2.05 bits per heavy atom. The van der Waals surface area contributed by atoms with Crippen molar-refractivity contribution in [1.29, 1.82) is 0 Å². The maximum absolute atomic E-state index is 11.8. The molecular weight excluding hydrogens is 240 g/mol. The quantitative estimate of drug-likeness (QED) is 0.904. The van der Waals surface area contributed by atoms with Gasteiger partial charge >= 0.3 is 0 Å². The van der Waals surface area contributed by atoms with E-state index < -0.39 is 0 Å². The van der Waals surface area contributed by atoms with Gasteiger partial charge in [0.2, 0.25) is 0 Å². The first-order valence-electron chi connectivity index (χ1n) is 6.89. The Bertz CT molecular complexity index is 368. The second-order valence-corrected chi connectivity index (χ2v) is 4.33. The molecule has 1 aromatic rings. The molecule has 0 radical (unpaired) electrons. The number of ether oxygens (including phenoxy) is 1. The first-order valence-corrected chi connectivity index (χ1v) is 6.89. The van der Waals surface area contributed by atoms with Crippen LogP contribution in [0.4, 0.5) is 0 Å². The number of hydrogen-bond acceptors (Lipinski definition) is 3. The van der Waals surface area contributed by atoms with E-state index in [2.05, 4.69) is 17.3 Å². The summed E-state index contributed by atoms with van der Waals surface area (Å²) in [6.07, 6.45) is 0.0985. The second kappa shape index (κ2) is 8.67. The molecule has 0 aliphatic carbocycles. The fourth-order valence-corrected chi connectivity index (χ4v) is 1.89. The largest absolute Gasteiger partial charge is 0.374 e. The third kappa shape index (κ3) is 5.41. The van der Waals surface area contributed by atoms with Gasteiger partial charge in [-0.25, -0.2) is 0 Å². The Hall–Kier alpha value is -1.39. The lowest BCUT2D eigenvalue weighted by Crippen LogP contribution is -2.45. The molecule has 1 atom stereocenters. The number of carbonyl (C=O) groups is 1. The van der Waals surface area contributed by atoms with Crippen molar-refractivity contribution in [2.45, 2.75) is 20.0 Å². The van der Waals surface area contributed by atoms with Crippen LogP contribution in [-0.2, 0) is 4.74 Å². The lowest BCUT2D eigenvalue weighted by atomic mass is 10.2. The van der Waals surface area contributed by atoms with Gasteiger partial charge in [0.05, 0.1) is 12.7 Å². The highest BCUT2D eigenvalue weighted by Gasteiger charge is 2.18. The van der Waals surface area contributed by atoms with E-state index in [1.165, 1.54) is 0 Å². The van der Waals surface area contributed by atoms with Crippen molar-refractivity contribution in [3.63, 3.8) is 0 Å².